The normalized spacial score (nSPS) is 21.6. The lowest BCUT2D eigenvalue weighted by atomic mass is 9.73. The van der Waals surface area contributed by atoms with Crippen LogP contribution in [-0.4, -0.2) is 59.8 Å². The van der Waals surface area contributed by atoms with Gasteiger partial charge in [-0.3, -0.25) is 14.9 Å². The molecule has 2 fully saturated rings. The number of likely N-dealkylation sites (tertiary alicyclic amines) is 1. The van der Waals surface area contributed by atoms with Crippen LogP contribution in [-0.2, 0) is 15.0 Å². The monoisotopic (exact) mass is 494 g/mol. The number of Topliss-reactive ketones (excluding diaryl/α,β-unsaturated/α-hetero) is 1. The Kier molecular flexibility index (Phi) is 7.10. The number of piperidine rings is 1. The Morgan fingerprint density at radius 3 is 2.24 bits per heavy atom. The summed E-state index contributed by atoms with van der Waals surface area (Å²) >= 11 is 0. The highest BCUT2D eigenvalue weighted by Gasteiger charge is 2.45. The minimum Gasteiger partial charge on any atom is -0.352 e. The summed E-state index contributed by atoms with van der Waals surface area (Å²) in [6.07, 6.45) is 7.96. The predicted octanol–water partition coefficient (Wildman–Crippen LogP) is 3.81. The maximum atomic E-state index is 12.2. The molecule has 0 aromatic heterocycles. The molecule has 1 spiro atoms. The second kappa shape index (κ2) is 10.5. The van der Waals surface area contributed by atoms with Crippen molar-refractivity contribution in [1.82, 2.24) is 15.1 Å². The second-order valence-electron chi connectivity index (χ2n) is 10.5. The fourth-order valence-electron chi connectivity index (χ4n) is 6.16. The highest BCUT2D eigenvalue weighted by atomic mass is 16.1. The molecular formula is C31H34N4O2. The van der Waals surface area contributed by atoms with Crippen LogP contribution in [0.1, 0.15) is 37.3 Å². The SMILES string of the molecule is CC(=O)C1C=C(N2CNCC23CCN(CCC(C#N)(c2ccccc2)c2ccccc2)CC3)C=CC1=O. The number of carbonyl (C=O) groups is 2. The Hall–Kier alpha value is -3.53. The number of nitriles is 1. The molecule has 5 rings (SSSR count). The Bertz CT molecular complexity index is 1200. The van der Waals surface area contributed by atoms with E-state index in [1.54, 1.807) is 6.08 Å². The van der Waals surface area contributed by atoms with Gasteiger partial charge < -0.3 is 9.80 Å². The van der Waals surface area contributed by atoms with Crippen molar-refractivity contribution in [2.75, 3.05) is 32.8 Å². The zero-order valence-corrected chi connectivity index (χ0v) is 21.4. The van der Waals surface area contributed by atoms with Gasteiger partial charge in [-0.15, -0.1) is 0 Å². The van der Waals surface area contributed by atoms with E-state index in [1.807, 2.05) is 48.6 Å². The van der Waals surface area contributed by atoms with E-state index >= 15 is 0 Å². The van der Waals surface area contributed by atoms with E-state index in [0.29, 0.717) is 6.67 Å². The minimum atomic E-state index is -0.690. The molecular weight excluding hydrogens is 460 g/mol. The summed E-state index contributed by atoms with van der Waals surface area (Å²) in [4.78, 5) is 29.0. The first-order valence-corrected chi connectivity index (χ1v) is 13.1. The van der Waals surface area contributed by atoms with Gasteiger partial charge in [-0.25, -0.2) is 0 Å². The number of ketones is 2. The van der Waals surface area contributed by atoms with Crippen LogP contribution in [0.3, 0.4) is 0 Å². The van der Waals surface area contributed by atoms with Gasteiger partial charge in [0.2, 0.25) is 0 Å². The molecule has 1 unspecified atom stereocenters. The fourth-order valence-corrected chi connectivity index (χ4v) is 6.16. The van der Waals surface area contributed by atoms with E-state index in [1.165, 1.54) is 6.92 Å². The maximum absolute atomic E-state index is 12.2. The van der Waals surface area contributed by atoms with Crippen molar-refractivity contribution < 1.29 is 9.59 Å². The van der Waals surface area contributed by atoms with E-state index in [2.05, 4.69) is 45.5 Å². The fraction of sp³-hybridized carbons (Fsp3) is 0.387. The molecule has 0 radical (unpaired) electrons. The van der Waals surface area contributed by atoms with Gasteiger partial charge in [-0.2, -0.15) is 5.26 Å². The molecule has 2 heterocycles. The number of rotatable bonds is 7. The summed E-state index contributed by atoms with van der Waals surface area (Å²) in [6, 6.07) is 23.0. The Morgan fingerprint density at radius 2 is 1.68 bits per heavy atom. The third kappa shape index (κ3) is 4.77. The molecule has 1 aliphatic carbocycles. The zero-order valence-electron chi connectivity index (χ0n) is 21.4. The van der Waals surface area contributed by atoms with Crippen LogP contribution in [0.15, 0.2) is 84.6 Å². The Labute approximate surface area is 219 Å². The molecule has 0 bridgehead atoms. The van der Waals surface area contributed by atoms with Crippen molar-refractivity contribution in [3.05, 3.63) is 95.7 Å². The molecule has 1 atom stereocenters. The number of benzene rings is 2. The Balaban J connectivity index is 1.30. The number of hydrogen-bond acceptors (Lipinski definition) is 6. The third-order valence-electron chi connectivity index (χ3n) is 8.42. The van der Waals surface area contributed by atoms with E-state index in [-0.39, 0.29) is 17.1 Å². The van der Waals surface area contributed by atoms with Crippen LogP contribution in [0, 0.1) is 17.2 Å². The van der Waals surface area contributed by atoms with Gasteiger partial charge in [0.15, 0.2) is 5.78 Å². The van der Waals surface area contributed by atoms with Crippen molar-refractivity contribution >= 4 is 11.6 Å². The van der Waals surface area contributed by atoms with Gasteiger partial charge in [0, 0.05) is 31.9 Å². The first-order valence-electron chi connectivity index (χ1n) is 13.1. The quantitative estimate of drug-likeness (QED) is 0.590. The van der Waals surface area contributed by atoms with Crippen molar-refractivity contribution in [3.63, 3.8) is 0 Å². The van der Waals surface area contributed by atoms with E-state index in [4.69, 9.17) is 0 Å². The molecule has 1 N–H and O–H groups in total. The summed E-state index contributed by atoms with van der Waals surface area (Å²) in [7, 11) is 0. The molecule has 2 saturated heterocycles. The molecule has 190 valence electrons. The minimum absolute atomic E-state index is 0.0282. The van der Waals surface area contributed by atoms with Gasteiger partial charge >= 0.3 is 0 Å². The summed E-state index contributed by atoms with van der Waals surface area (Å²) < 4.78 is 0. The standard InChI is InChI=1S/C31H34N4O2/c1-24(36)28-20-27(12-13-29(28)37)35-23-33-22-30(35)14-17-34(18-15-30)19-16-31(21-32,25-8-4-2-5-9-25)26-10-6-3-7-11-26/h2-13,20,28,33H,14-19,22-23H2,1H3. The topological polar surface area (TPSA) is 76.4 Å². The second-order valence-corrected chi connectivity index (χ2v) is 10.5. The molecule has 0 saturated carbocycles. The molecule has 37 heavy (non-hydrogen) atoms. The van der Waals surface area contributed by atoms with Crippen LogP contribution in [0.5, 0.6) is 0 Å². The Morgan fingerprint density at radius 1 is 1.05 bits per heavy atom. The van der Waals surface area contributed by atoms with Crippen molar-refractivity contribution in [2.45, 2.75) is 37.1 Å². The average Bonchev–Trinajstić information content (AvgIpc) is 3.34. The molecule has 6 nitrogen and oxygen atoms in total. The van der Waals surface area contributed by atoms with Crippen LogP contribution in [0.4, 0.5) is 0 Å². The number of nitrogens with zero attached hydrogens (tertiary/aromatic N) is 3. The van der Waals surface area contributed by atoms with Crippen molar-refractivity contribution in [1.29, 1.82) is 5.26 Å². The first kappa shape index (κ1) is 25.1. The summed E-state index contributed by atoms with van der Waals surface area (Å²) in [6.45, 7) is 5.81. The number of nitrogens with one attached hydrogen (secondary N) is 1. The maximum Gasteiger partial charge on any atom is 0.170 e. The van der Waals surface area contributed by atoms with E-state index in [9.17, 15) is 14.9 Å². The van der Waals surface area contributed by atoms with Crippen LogP contribution in [0.2, 0.25) is 0 Å². The van der Waals surface area contributed by atoms with Crippen LogP contribution in [0.25, 0.3) is 0 Å². The van der Waals surface area contributed by atoms with E-state index < -0.39 is 11.3 Å². The average molecular weight is 495 g/mol. The van der Waals surface area contributed by atoms with Gasteiger partial charge in [0.1, 0.15) is 17.1 Å². The number of carbonyl (C=O) groups excluding carboxylic acids is 2. The molecule has 2 aromatic carbocycles. The highest BCUT2D eigenvalue weighted by molar-refractivity contribution is 6.09. The van der Waals surface area contributed by atoms with Crippen LogP contribution >= 0.6 is 0 Å². The number of hydrogen-bond donors (Lipinski definition) is 1. The lowest BCUT2D eigenvalue weighted by molar-refractivity contribution is -0.127. The third-order valence-corrected chi connectivity index (χ3v) is 8.42. The van der Waals surface area contributed by atoms with Crippen molar-refractivity contribution in [2.24, 2.45) is 5.92 Å². The van der Waals surface area contributed by atoms with Gasteiger partial charge in [0.25, 0.3) is 0 Å². The molecule has 0 amide bonds. The lowest BCUT2D eigenvalue weighted by Crippen LogP contribution is -2.54. The van der Waals surface area contributed by atoms with Gasteiger partial charge in [0.05, 0.1) is 18.3 Å². The smallest absolute Gasteiger partial charge is 0.170 e. The van der Waals surface area contributed by atoms with E-state index in [0.717, 1.165) is 62.3 Å². The highest BCUT2D eigenvalue weighted by Crippen LogP contribution is 2.38. The van der Waals surface area contributed by atoms with Crippen molar-refractivity contribution in [3.8, 4) is 6.07 Å². The summed E-state index contributed by atoms with van der Waals surface area (Å²) in [5, 5.41) is 14.0. The number of allylic oxidation sites excluding steroid dienone is 3. The molecule has 6 heteroatoms. The lowest BCUT2D eigenvalue weighted by Gasteiger charge is -2.46. The van der Waals surface area contributed by atoms with Gasteiger partial charge in [-0.1, -0.05) is 60.7 Å². The molecule has 2 aromatic rings. The zero-order chi connectivity index (χ0) is 25.9. The van der Waals surface area contributed by atoms with Crippen LogP contribution < -0.4 is 5.32 Å². The predicted molar refractivity (Wildman–Crippen MR) is 143 cm³/mol. The molecule has 3 aliphatic rings. The largest absolute Gasteiger partial charge is 0.352 e. The van der Waals surface area contributed by atoms with Gasteiger partial charge in [-0.05, 0) is 55.5 Å². The first-order chi connectivity index (χ1) is 18.0. The molecule has 2 aliphatic heterocycles. The summed E-state index contributed by atoms with van der Waals surface area (Å²) in [5.41, 5.74) is 2.32. The summed E-state index contributed by atoms with van der Waals surface area (Å²) in [5.74, 6) is -0.918.